The van der Waals surface area contributed by atoms with E-state index in [1.807, 2.05) is 0 Å². The minimum Gasteiger partial charge on any atom is -0.497 e. The van der Waals surface area contributed by atoms with Crippen LogP contribution in [-0.2, 0) is 0 Å². The number of hydrogen-bond donors (Lipinski definition) is 3. The average molecular weight is 225 g/mol. The number of aliphatic hydroxyl groups is 2. The van der Waals surface area contributed by atoms with Gasteiger partial charge in [-0.1, -0.05) is 0 Å². The van der Waals surface area contributed by atoms with Gasteiger partial charge in [0.1, 0.15) is 5.75 Å². The maximum Gasteiger partial charge on any atom is 0.251 e. The lowest BCUT2D eigenvalue weighted by Gasteiger charge is -2.09. The molecule has 1 aromatic rings. The molecule has 0 spiro atoms. The summed E-state index contributed by atoms with van der Waals surface area (Å²) >= 11 is 0. The van der Waals surface area contributed by atoms with Crippen molar-refractivity contribution in [3.63, 3.8) is 0 Å². The minimum atomic E-state index is -0.929. The van der Waals surface area contributed by atoms with Gasteiger partial charge in [0, 0.05) is 12.1 Å². The van der Waals surface area contributed by atoms with Crippen LogP contribution in [0.4, 0.5) is 0 Å². The normalized spacial score (nSPS) is 11.9. The van der Waals surface area contributed by atoms with Crippen molar-refractivity contribution >= 4 is 5.91 Å². The number of hydrogen-bond acceptors (Lipinski definition) is 4. The molecule has 1 aromatic carbocycles. The Morgan fingerprint density at radius 3 is 2.56 bits per heavy atom. The van der Waals surface area contributed by atoms with Crippen LogP contribution in [0.5, 0.6) is 5.75 Å². The highest BCUT2D eigenvalue weighted by molar-refractivity contribution is 5.94. The second-order valence-electron chi connectivity index (χ2n) is 3.27. The molecule has 0 radical (unpaired) electrons. The molecule has 88 valence electrons. The molecule has 0 aliphatic rings. The van der Waals surface area contributed by atoms with Crippen molar-refractivity contribution in [2.24, 2.45) is 0 Å². The van der Waals surface area contributed by atoms with Crippen LogP contribution < -0.4 is 10.1 Å². The first-order valence-corrected chi connectivity index (χ1v) is 4.88. The highest BCUT2D eigenvalue weighted by Gasteiger charge is 2.07. The summed E-state index contributed by atoms with van der Waals surface area (Å²) in [6.45, 7) is -0.343. The van der Waals surface area contributed by atoms with Gasteiger partial charge in [0.2, 0.25) is 0 Å². The number of carbonyl (C=O) groups excluding carboxylic acids is 1. The fourth-order valence-corrected chi connectivity index (χ4v) is 1.12. The van der Waals surface area contributed by atoms with Gasteiger partial charge in [-0.2, -0.15) is 0 Å². The zero-order chi connectivity index (χ0) is 12.0. The van der Waals surface area contributed by atoms with Crippen LogP contribution in [0.1, 0.15) is 10.4 Å². The highest BCUT2D eigenvalue weighted by Crippen LogP contribution is 2.10. The number of carbonyl (C=O) groups is 1. The quantitative estimate of drug-likeness (QED) is 0.647. The lowest BCUT2D eigenvalue weighted by molar-refractivity contribution is 0.0802. The van der Waals surface area contributed by atoms with E-state index in [2.05, 4.69) is 5.32 Å². The van der Waals surface area contributed by atoms with Crippen LogP contribution in [0, 0.1) is 0 Å². The van der Waals surface area contributed by atoms with Crippen LogP contribution in [0.3, 0.4) is 0 Å². The second-order valence-corrected chi connectivity index (χ2v) is 3.27. The number of aliphatic hydroxyl groups excluding tert-OH is 2. The van der Waals surface area contributed by atoms with Crippen molar-refractivity contribution in [1.82, 2.24) is 5.32 Å². The Labute approximate surface area is 93.7 Å². The Balaban J connectivity index is 2.52. The summed E-state index contributed by atoms with van der Waals surface area (Å²) in [6, 6.07) is 6.60. The third-order valence-electron chi connectivity index (χ3n) is 2.06. The maximum absolute atomic E-state index is 11.5. The van der Waals surface area contributed by atoms with E-state index in [4.69, 9.17) is 14.9 Å². The van der Waals surface area contributed by atoms with Gasteiger partial charge in [-0.15, -0.1) is 0 Å². The Hall–Kier alpha value is -1.59. The van der Waals surface area contributed by atoms with Gasteiger partial charge in [-0.3, -0.25) is 4.79 Å². The van der Waals surface area contributed by atoms with E-state index in [0.29, 0.717) is 11.3 Å². The van der Waals surface area contributed by atoms with Crippen LogP contribution in [0.2, 0.25) is 0 Å². The molecule has 1 amide bonds. The summed E-state index contributed by atoms with van der Waals surface area (Å²) in [5.41, 5.74) is 0.478. The Kier molecular flexibility index (Phi) is 4.75. The summed E-state index contributed by atoms with van der Waals surface area (Å²) in [5, 5.41) is 20.1. The van der Waals surface area contributed by atoms with E-state index in [-0.39, 0.29) is 19.1 Å². The molecular formula is C11H15NO4. The van der Waals surface area contributed by atoms with Crippen LogP contribution in [-0.4, -0.2) is 42.5 Å². The smallest absolute Gasteiger partial charge is 0.251 e. The molecule has 1 atom stereocenters. The molecule has 0 unspecified atom stereocenters. The van der Waals surface area contributed by atoms with Crippen molar-refractivity contribution in [3.8, 4) is 5.75 Å². The molecule has 16 heavy (non-hydrogen) atoms. The summed E-state index contributed by atoms with van der Waals surface area (Å²) in [4.78, 5) is 11.5. The molecule has 0 aromatic heterocycles. The van der Waals surface area contributed by atoms with Gasteiger partial charge in [-0.25, -0.2) is 0 Å². The van der Waals surface area contributed by atoms with E-state index in [9.17, 15) is 4.79 Å². The topological polar surface area (TPSA) is 78.8 Å². The second kappa shape index (κ2) is 6.09. The lowest BCUT2D eigenvalue weighted by atomic mass is 10.2. The molecule has 0 heterocycles. The fraction of sp³-hybridized carbons (Fsp3) is 0.364. The van der Waals surface area contributed by atoms with Gasteiger partial charge >= 0.3 is 0 Å². The van der Waals surface area contributed by atoms with Gasteiger partial charge in [-0.05, 0) is 24.3 Å². The molecule has 3 N–H and O–H groups in total. The first-order valence-electron chi connectivity index (χ1n) is 4.88. The largest absolute Gasteiger partial charge is 0.497 e. The van der Waals surface area contributed by atoms with Gasteiger partial charge in [0.15, 0.2) is 0 Å². The predicted octanol–water partition coefficient (Wildman–Crippen LogP) is -0.222. The number of amides is 1. The highest BCUT2D eigenvalue weighted by atomic mass is 16.5. The zero-order valence-electron chi connectivity index (χ0n) is 9.01. The molecule has 5 heteroatoms. The molecule has 0 aliphatic carbocycles. The summed E-state index contributed by atoms with van der Waals surface area (Å²) in [7, 11) is 1.55. The van der Waals surface area contributed by atoms with Crippen LogP contribution in [0.25, 0.3) is 0 Å². The zero-order valence-corrected chi connectivity index (χ0v) is 9.01. The standard InChI is InChI=1S/C11H15NO4/c1-16-10-4-2-8(3-5-10)11(15)12-6-9(14)7-13/h2-5,9,13-14H,6-7H2,1H3,(H,12,15)/t9-/m1/s1. The van der Waals surface area contributed by atoms with Crippen molar-refractivity contribution in [1.29, 1.82) is 0 Å². The van der Waals surface area contributed by atoms with E-state index < -0.39 is 6.10 Å². The predicted molar refractivity (Wildman–Crippen MR) is 58.4 cm³/mol. The van der Waals surface area contributed by atoms with E-state index in [0.717, 1.165) is 0 Å². The third kappa shape index (κ3) is 3.52. The van der Waals surface area contributed by atoms with Crippen molar-refractivity contribution in [2.45, 2.75) is 6.10 Å². The Morgan fingerprint density at radius 1 is 1.44 bits per heavy atom. The Morgan fingerprint density at radius 2 is 2.06 bits per heavy atom. The van der Waals surface area contributed by atoms with Crippen LogP contribution in [0.15, 0.2) is 24.3 Å². The van der Waals surface area contributed by atoms with E-state index in [1.165, 1.54) is 0 Å². The molecule has 0 saturated heterocycles. The molecule has 0 aliphatic heterocycles. The van der Waals surface area contributed by atoms with Crippen molar-refractivity contribution in [2.75, 3.05) is 20.3 Å². The lowest BCUT2D eigenvalue weighted by Crippen LogP contribution is -2.33. The van der Waals surface area contributed by atoms with Crippen molar-refractivity contribution in [3.05, 3.63) is 29.8 Å². The third-order valence-corrected chi connectivity index (χ3v) is 2.06. The van der Waals surface area contributed by atoms with E-state index >= 15 is 0 Å². The molecule has 5 nitrogen and oxygen atoms in total. The SMILES string of the molecule is COc1ccc(C(=O)NC[C@@H](O)CO)cc1. The maximum atomic E-state index is 11.5. The number of rotatable bonds is 5. The molecule has 0 saturated carbocycles. The summed E-state index contributed by atoms with van der Waals surface area (Å²) < 4.78 is 4.96. The van der Waals surface area contributed by atoms with Gasteiger partial charge < -0.3 is 20.3 Å². The molecule has 0 bridgehead atoms. The van der Waals surface area contributed by atoms with Gasteiger partial charge in [0.05, 0.1) is 19.8 Å². The van der Waals surface area contributed by atoms with E-state index in [1.54, 1.807) is 31.4 Å². The minimum absolute atomic E-state index is 0.0291. The number of benzene rings is 1. The number of ether oxygens (including phenoxy) is 1. The Bertz CT molecular complexity index is 336. The van der Waals surface area contributed by atoms with Crippen molar-refractivity contribution < 1.29 is 19.7 Å². The first-order chi connectivity index (χ1) is 7.67. The number of methoxy groups -OCH3 is 1. The monoisotopic (exact) mass is 225 g/mol. The van der Waals surface area contributed by atoms with Crippen LogP contribution >= 0.6 is 0 Å². The average Bonchev–Trinajstić information content (AvgIpc) is 2.35. The molecule has 0 fully saturated rings. The first kappa shape index (κ1) is 12.5. The molecular weight excluding hydrogens is 210 g/mol. The molecule has 1 rings (SSSR count). The number of nitrogens with one attached hydrogen (secondary N) is 1. The van der Waals surface area contributed by atoms with Gasteiger partial charge in [0.25, 0.3) is 5.91 Å². The summed E-state index contributed by atoms with van der Waals surface area (Å²) in [5.74, 6) is 0.377. The fourth-order valence-electron chi connectivity index (χ4n) is 1.12. The summed E-state index contributed by atoms with van der Waals surface area (Å²) in [6.07, 6.45) is -0.929.